The van der Waals surface area contributed by atoms with E-state index in [2.05, 4.69) is 43.9 Å². The van der Waals surface area contributed by atoms with Crippen molar-refractivity contribution < 1.29 is 4.79 Å². The Kier molecular flexibility index (Phi) is 4.07. The van der Waals surface area contributed by atoms with Gasteiger partial charge in [0.25, 0.3) is 0 Å². The summed E-state index contributed by atoms with van der Waals surface area (Å²) >= 11 is 1.43. The fraction of sp³-hybridized carbons (Fsp3) is 0.714. The van der Waals surface area contributed by atoms with Crippen molar-refractivity contribution in [1.29, 1.82) is 0 Å². The third kappa shape index (κ3) is 2.67. The van der Waals surface area contributed by atoms with Gasteiger partial charge in [-0.2, -0.15) is 4.37 Å². The second-order valence-corrected chi connectivity index (χ2v) is 7.11. The summed E-state index contributed by atoms with van der Waals surface area (Å²) in [6.45, 7) is 11.6. The summed E-state index contributed by atoms with van der Waals surface area (Å²) in [6.07, 6.45) is 0.906. The number of hydrogen-bond acceptors (Lipinski definition) is 4. The Hall–Kier alpha value is -1.14. The highest BCUT2D eigenvalue weighted by Crippen LogP contribution is 2.32. The number of carbonyl (C=O) groups excluding carboxylic acids is 1. The number of urea groups is 1. The lowest BCUT2D eigenvalue weighted by Crippen LogP contribution is -2.62. The maximum atomic E-state index is 12.8. The van der Waals surface area contributed by atoms with Gasteiger partial charge in [-0.1, -0.05) is 6.92 Å². The molecule has 0 spiro atoms. The normalized spacial score (nSPS) is 18.0. The molecule has 112 valence electrons. The smallest absolute Gasteiger partial charge is 0.306 e. The molecule has 6 heteroatoms. The summed E-state index contributed by atoms with van der Waals surface area (Å²) in [7, 11) is 2.04. The van der Waals surface area contributed by atoms with Gasteiger partial charge in [-0.15, -0.1) is 0 Å². The number of aryl methyl sites for hydroxylation is 1. The molecule has 2 amide bonds. The Labute approximate surface area is 125 Å². The number of aromatic nitrogens is 1. The zero-order valence-electron chi connectivity index (χ0n) is 13.2. The number of rotatable bonds is 2. The van der Waals surface area contributed by atoms with E-state index in [-0.39, 0.29) is 11.6 Å². The Balaban J connectivity index is 2.35. The minimum atomic E-state index is -0.184. The number of amides is 2. The zero-order chi connectivity index (χ0) is 15.1. The highest BCUT2D eigenvalue weighted by atomic mass is 32.1. The van der Waals surface area contributed by atoms with Crippen LogP contribution in [0.1, 0.15) is 39.0 Å². The van der Waals surface area contributed by atoms with Gasteiger partial charge in [-0.3, -0.25) is 9.80 Å². The van der Waals surface area contributed by atoms with Crippen molar-refractivity contribution in [3.8, 4) is 0 Å². The Bertz CT molecular complexity index is 506. The van der Waals surface area contributed by atoms with E-state index in [1.165, 1.54) is 11.5 Å². The molecule has 2 rings (SSSR count). The van der Waals surface area contributed by atoms with E-state index >= 15 is 0 Å². The van der Waals surface area contributed by atoms with E-state index in [4.69, 9.17) is 0 Å². The molecule has 0 N–H and O–H groups in total. The van der Waals surface area contributed by atoms with Crippen LogP contribution in [0.5, 0.6) is 0 Å². The fourth-order valence-corrected chi connectivity index (χ4v) is 3.34. The summed E-state index contributed by atoms with van der Waals surface area (Å²) in [5, 5.41) is 0.979. The van der Waals surface area contributed by atoms with E-state index in [9.17, 15) is 4.79 Å². The highest BCUT2D eigenvalue weighted by molar-refractivity contribution is 7.10. The molecule has 0 saturated carbocycles. The summed E-state index contributed by atoms with van der Waals surface area (Å²) in [5.41, 5.74) is 2.04. The molecule has 5 nitrogen and oxygen atoms in total. The molecule has 0 aliphatic carbocycles. The maximum absolute atomic E-state index is 12.8. The molecule has 1 saturated heterocycles. The third-order valence-electron chi connectivity index (χ3n) is 3.61. The van der Waals surface area contributed by atoms with Crippen LogP contribution in [-0.2, 0) is 6.42 Å². The first-order chi connectivity index (χ1) is 9.25. The molecule has 0 aromatic carbocycles. The van der Waals surface area contributed by atoms with Crippen LogP contribution in [0.3, 0.4) is 0 Å². The first-order valence-corrected chi connectivity index (χ1v) is 7.76. The van der Waals surface area contributed by atoms with Crippen LogP contribution in [0.2, 0.25) is 0 Å². The molecule has 1 aromatic heterocycles. The molecule has 1 aliphatic rings. The average molecular weight is 296 g/mol. The predicted octanol–water partition coefficient (Wildman–Crippen LogP) is 2.90. The number of carbonyl (C=O) groups is 1. The summed E-state index contributed by atoms with van der Waals surface area (Å²) in [4.78, 5) is 18.7. The molecule has 2 heterocycles. The molecule has 1 fully saturated rings. The van der Waals surface area contributed by atoms with Crippen LogP contribution in [0, 0.1) is 6.92 Å². The molecule has 1 aliphatic heterocycles. The fourth-order valence-electron chi connectivity index (χ4n) is 2.38. The minimum absolute atomic E-state index is 0.0741. The van der Waals surface area contributed by atoms with Crippen molar-refractivity contribution in [3.63, 3.8) is 0 Å². The average Bonchev–Trinajstić information content (AvgIpc) is 2.71. The molecule has 0 atom stereocenters. The standard InChI is InChI=1S/C14H24N4OS/c1-7-11-10(2)12(20-15-11)17-8-16(6)9-18(13(17)19)14(3,4)5/h7-9H2,1-6H3. The molecular formula is C14H24N4OS. The Morgan fingerprint density at radius 2 is 1.95 bits per heavy atom. The minimum Gasteiger partial charge on any atom is -0.306 e. The van der Waals surface area contributed by atoms with Gasteiger partial charge in [0.05, 0.1) is 19.0 Å². The summed E-state index contributed by atoms with van der Waals surface area (Å²) in [5.74, 6) is 0. The summed E-state index contributed by atoms with van der Waals surface area (Å²) in [6, 6.07) is 0.0741. The predicted molar refractivity (Wildman–Crippen MR) is 83.2 cm³/mol. The van der Waals surface area contributed by atoms with Crippen LogP contribution in [0.4, 0.5) is 9.80 Å². The Morgan fingerprint density at radius 3 is 2.45 bits per heavy atom. The van der Waals surface area contributed by atoms with Crippen molar-refractivity contribution in [2.24, 2.45) is 0 Å². The van der Waals surface area contributed by atoms with Crippen LogP contribution in [0.15, 0.2) is 0 Å². The second-order valence-electron chi connectivity index (χ2n) is 6.36. The van der Waals surface area contributed by atoms with Gasteiger partial charge in [0.2, 0.25) is 0 Å². The Morgan fingerprint density at radius 1 is 1.30 bits per heavy atom. The first kappa shape index (κ1) is 15.3. The number of nitrogens with zero attached hydrogens (tertiary/aromatic N) is 4. The lowest BCUT2D eigenvalue weighted by atomic mass is 10.1. The quantitative estimate of drug-likeness (QED) is 0.842. The van der Waals surface area contributed by atoms with Crippen molar-refractivity contribution in [2.75, 3.05) is 25.3 Å². The van der Waals surface area contributed by atoms with E-state index in [1.807, 2.05) is 16.8 Å². The highest BCUT2D eigenvalue weighted by Gasteiger charge is 2.37. The second kappa shape index (κ2) is 5.33. The zero-order valence-corrected chi connectivity index (χ0v) is 14.0. The molecule has 1 aromatic rings. The lowest BCUT2D eigenvalue weighted by Gasteiger charge is -2.46. The summed E-state index contributed by atoms with van der Waals surface area (Å²) < 4.78 is 4.47. The monoisotopic (exact) mass is 296 g/mol. The van der Waals surface area contributed by atoms with Crippen LogP contribution in [0.25, 0.3) is 0 Å². The van der Waals surface area contributed by atoms with Crippen LogP contribution >= 0.6 is 11.5 Å². The van der Waals surface area contributed by atoms with Crippen LogP contribution < -0.4 is 4.90 Å². The molecule has 20 heavy (non-hydrogen) atoms. The van der Waals surface area contributed by atoms with Gasteiger partial charge in [-0.25, -0.2) is 4.79 Å². The van der Waals surface area contributed by atoms with Crippen molar-refractivity contribution in [1.82, 2.24) is 14.2 Å². The molecular weight excluding hydrogens is 272 g/mol. The van der Waals surface area contributed by atoms with E-state index in [0.717, 1.165) is 22.7 Å². The molecule has 0 radical (unpaired) electrons. The first-order valence-electron chi connectivity index (χ1n) is 6.98. The van der Waals surface area contributed by atoms with Crippen molar-refractivity contribution >= 4 is 22.6 Å². The van der Waals surface area contributed by atoms with Gasteiger partial charge in [0.15, 0.2) is 0 Å². The van der Waals surface area contributed by atoms with Crippen LogP contribution in [-0.4, -0.2) is 46.1 Å². The van der Waals surface area contributed by atoms with Gasteiger partial charge in [0, 0.05) is 11.1 Å². The van der Waals surface area contributed by atoms with E-state index in [1.54, 1.807) is 0 Å². The molecule has 0 bridgehead atoms. The number of hydrogen-bond donors (Lipinski definition) is 0. The van der Waals surface area contributed by atoms with E-state index in [0.29, 0.717) is 13.3 Å². The SMILES string of the molecule is CCc1nsc(N2CN(C)CN(C(C)(C)C)C2=O)c1C. The van der Waals surface area contributed by atoms with Gasteiger partial charge in [-0.05, 0) is 52.7 Å². The largest absolute Gasteiger partial charge is 0.327 e. The maximum Gasteiger partial charge on any atom is 0.327 e. The van der Waals surface area contributed by atoms with E-state index < -0.39 is 0 Å². The third-order valence-corrected chi connectivity index (χ3v) is 4.62. The number of anilines is 1. The van der Waals surface area contributed by atoms with Crippen molar-refractivity contribution in [2.45, 2.75) is 46.6 Å². The van der Waals surface area contributed by atoms with Gasteiger partial charge >= 0.3 is 6.03 Å². The van der Waals surface area contributed by atoms with Crippen molar-refractivity contribution in [3.05, 3.63) is 11.3 Å². The topological polar surface area (TPSA) is 39.7 Å². The lowest BCUT2D eigenvalue weighted by molar-refractivity contribution is 0.0769. The van der Waals surface area contributed by atoms with Gasteiger partial charge in [0.1, 0.15) is 5.00 Å². The van der Waals surface area contributed by atoms with Gasteiger partial charge < -0.3 is 4.90 Å². The molecule has 0 unspecified atom stereocenters.